The van der Waals surface area contributed by atoms with Gasteiger partial charge in [-0.05, 0) is 39.4 Å². The van der Waals surface area contributed by atoms with Gasteiger partial charge in [0.15, 0.2) is 0 Å². The SMILES string of the molecule is CN1CCN(C(=O)C2CCCNCC2)CC1. The Hall–Kier alpha value is -0.610. The van der Waals surface area contributed by atoms with E-state index in [0.717, 1.165) is 58.5 Å². The molecule has 92 valence electrons. The average Bonchev–Trinajstić information content (AvgIpc) is 2.57. The summed E-state index contributed by atoms with van der Waals surface area (Å²) in [6.45, 7) is 5.96. The summed E-state index contributed by atoms with van der Waals surface area (Å²) in [5.41, 5.74) is 0. The number of amides is 1. The number of piperazine rings is 1. The van der Waals surface area contributed by atoms with Gasteiger partial charge in [0.05, 0.1) is 0 Å². The maximum atomic E-state index is 12.3. The minimum absolute atomic E-state index is 0.276. The maximum Gasteiger partial charge on any atom is 0.225 e. The van der Waals surface area contributed by atoms with Crippen LogP contribution in [0.4, 0.5) is 0 Å². The molecule has 0 spiro atoms. The quantitative estimate of drug-likeness (QED) is 0.690. The lowest BCUT2D eigenvalue weighted by Gasteiger charge is -2.34. The third-order valence-corrected chi connectivity index (χ3v) is 3.74. The molecule has 1 amide bonds. The van der Waals surface area contributed by atoms with Crippen LogP contribution >= 0.6 is 0 Å². The number of nitrogens with one attached hydrogen (secondary N) is 1. The first-order valence-electron chi connectivity index (χ1n) is 6.45. The first kappa shape index (κ1) is 11.9. The predicted molar refractivity (Wildman–Crippen MR) is 64.3 cm³/mol. The van der Waals surface area contributed by atoms with Gasteiger partial charge in [-0.15, -0.1) is 0 Å². The van der Waals surface area contributed by atoms with E-state index in [1.165, 1.54) is 0 Å². The van der Waals surface area contributed by atoms with E-state index in [9.17, 15) is 4.79 Å². The van der Waals surface area contributed by atoms with E-state index in [4.69, 9.17) is 0 Å². The van der Waals surface area contributed by atoms with Gasteiger partial charge in [-0.3, -0.25) is 4.79 Å². The summed E-state index contributed by atoms with van der Waals surface area (Å²) in [5.74, 6) is 0.676. The van der Waals surface area contributed by atoms with Crippen molar-refractivity contribution >= 4 is 5.91 Å². The van der Waals surface area contributed by atoms with Crippen LogP contribution in [0.25, 0.3) is 0 Å². The van der Waals surface area contributed by atoms with Crippen LogP contribution in [0.15, 0.2) is 0 Å². The topological polar surface area (TPSA) is 35.6 Å². The third kappa shape index (κ3) is 2.95. The summed E-state index contributed by atoms with van der Waals surface area (Å²) in [6, 6.07) is 0. The second-order valence-electron chi connectivity index (χ2n) is 5.01. The normalized spacial score (nSPS) is 28.8. The highest BCUT2D eigenvalue weighted by atomic mass is 16.2. The maximum absolute atomic E-state index is 12.3. The fraction of sp³-hybridized carbons (Fsp3) is 0.917. The zero-order valence-corrected chi connectivity index (χ0v) is 10.2. The van der Waals surface area contributed by atoms with Crippen LogP contribution in [-0.2, 0) is 4.79 Å². The Morgan fingerprint density at radius 2 is 1.88 bits per heavy atom. The summed E-state index contributed by atoms with van der Waals surface area (Å²) >= 11 is 0. The molecule has 0 aliphatic carbocycles. The van der Waals surface area contributed by atoms with Gasteiger partial charge in [-0.25, -0.2) is 0 Å². The Kier molecular flexibility index (Phi) is 4.18. The number of rotatable bonds is 1. The lowest BCUT2D eigenvalue weighted by molar-refractivity contribution is -0.137. The van der Waals surface area contributed by atoms with E-state index in [1.54, 1.807) is 0 Å². The highest BCUT2D eigenvalue weighted by molar-refractivity contribution is 5.79. The van der Waals surface area contributed by atoms with E-state index in [2.05, 4.69) is 22.2 Å². The molecule has 0 aromatic carbocycles. The number of hydrogen-bond donors (Lipinski definition) is 1. The summed E-state index contributed by atoms with van der Waals surface area (Å²) in [5, 5.41) is 3.36. The van der Waals surface area contributed by atoms with Crippen molar-refractivity contribution in [2.24, 2.45) is 5.92 Å². The molecule has 16 heavy (non-hydrogen) atoms. The summed E-state index contributed by atoms with van der Waals surface area (Å²) in [6.07, 6.45) is 3.23. The Labute approximate surface area is 98.0 Å². The van der Waals surface area contributed by atoms with Crippen LogP contribution in [0.1, 0.15) is 19.3 Å². The molecule has 1 N–H and O–H groups in total. The van der Waals surface area contributed by atoms with Crippen LogP contribution in [0.2, 0.25) is 0 Å². The molecule has 2 aliphatic heterocycles. The lowest BCUT2D eigenvalue weighted by Crippen LogP contribution is -2.49. The summed E-state index contributed by atoms with van der Waals surface area (Å²) in [4.78, 5) is 16.6. The van der Waals surface area contributed by atoms with E-state index in [-0.39, 0.29) is 5.92 Å². The predicted octanol–water partition coefficient (Wildman–Crippen LogP) is 0.150. The Bertz CT molecular complexity index is 228. The van der Waals surface area contributed by atoms with Gasteiger partial charge in [0, 0.05) is 32.1 Å². The molecule has 2 aliphatic rings. The van der Waals surface area contributed by atoms with Crippen molar-refractivity contribution < 1.29 is 4.79 Å². The molecule has 1 unspecified atom stereocenters. The molecule has 2 rings (SSSR count). The van der Waals surface area contributed by atoms with Gasteiger partial charge in [-0.2, -0.15) is 0 Å². The highest BCUT2D eigenvalue weighted by Gasteiger charge is 2.26. The van der Waals surface area contributed by atoms with Crippen LogP contribution in [0, 0.1) is 5.92 Å². The Morgan fingerprint density at radius 1 is 1.12 bits per heavy atom. The molecule has 0 saturated carbocycles. The van der Waals surface area contributed by atoms with Crippen LogP contribution < -0.4 is 5.32 Å². The van der Waals surface area contributed by atoms with Crippen molar-refractivity contribution in [3.63, 3.8) is 0 Å². The van der Waals surface area contributed by atoms with Gasteiger partial charge in [-0.1, -0.05) is 0 Å². The molecule has 2 saturated heterocycles. The molecule has 4 heteroatoms. The third-order valence-electron chi connectivity index (χ3n) is 3.74. The average molecular weight is 225 g/mol. The molecular formula is C12H23N3O. The first-order valence-corrected chi connectivity index (χ1v) is 6.45. The fourth-order valence-corrected chi connectivity index (χ4v) is 2.55. The zero-order chi connectivity index (χ0) is 11.4. The monoisotopic (exact) mass is 225 g/mol. The molecule has 0 aromatic rings. The molecule has 2 heterocycles. The van der Waals surface area contributed by atoms with Crippen LogP contribution in [0.3, 0.4) is 0 Å². The van der Waals surface area contributed by atoms with Gasteiger partial charge in [0.2, 0.25) is 5.91 Å². The van der Waals surface area contributed by atoms with Gasteiger partial charge in [0.1, 0.15) is 0 Å². The zero-order valence-electron chi connectivity index (χ0n) is 10.2. The molecule has 1 atom stereocenters. The molecule has 2 fully saturated rings. The Morgan fingerprint density at radius 3 is 2.62 bits per heavy atom. The van der Waals surface area contributed by atoms with Crippen molar-refractivity contribution in [1.82, 2.24) is 15.1 Å². The number of hydrogen-bond acceptors (Lipinski definition) is 3. The van der Waals surface area contributed by atoms with Crippen molar-refractivity contribution in [3.8, 4) is 0 Å². The van der Waals surface area contributed by atoms with E-state index < -0.39 is 0 Å². The molecular weight excluding hydrogens is 202 g/mol. The minimum Gasteiger partial charge on any atom is -0.340 e. The van der Waals surface area contributed by atoms with Crippen molar-refractivity contribution in [2.75, 3.05) is 46.3 Å². The largest absolute Gasteiger partial charge is 0.340 e. The van der Waals surface area contributed by atoms with Crippen LogP contribution in [0.5, 0.6) is 0 Å². The lowest BCUT2D eigenvalue weighted by atomic mass is 9.98. The van der Waals surface area contributed by atoms with Crippen molar-refractivity contribution in [3.05, 3.63) is 0 Å². The number of carbonyl (C=O) groups excluding carboxylic acids is 1. The highest BCUT2D eigenvalue weighted by Crippen LogP contribution is 2.17. The van der Waals surface area contributed by atoms with Gasteiger partial charge in [0.25, 0.3) is 0 Å². The van der Waals surface area contributed by atoms with E-state index >= 15 is 0 Å². The first-order chi connectivity index (χ1) is 7.77. The fourth-order valence-electron chi connectivity index (χ4n) is 2.55. The minimum atomic E-state index is 0.276. The standard InChI is InChI=1S/C12H23N3O/c1-14-7-9-15(10-8-14)12(16)11-3-2-5-13-6-4-11/h11,13H,2-10H2,1H3. The van der Waals surface area contributed by atoms with Crippen LogP contribution in [-0.4, -0.2) is 62.0 Å². The van der Waals surface area contributed by atoms with E-state index in [0.29, 0.717) is 5.91 Å². The van der Waals surface area contributed by atoms with Gasteiger partial charge >= 0.3 is 0 Å². The molecule has 0 aromatic heterocycles. The second kappa shape index (κ2) is 5.64. The number of likely N-dealkylation sites (N-methyl/N-ethyl adjacent to an activating group) is 1. The molecule has 4 nitrogen and oxygen atoms in total. The summed E-state index contributed by atoms with van der Waals surface area (Å²) in [7, 11) is 2.12. The smallest absolute Gasteiger partial charge is 0.225 e. The van der Waals surface area contributed by atoms with Crippen molar-refractivity contribution in [1.29, 1.82) is 0 Å². The van der Waals surface area contributed by atoms with Crippen molar-refractivity contribution in [2.45, 2.75) is 19.3 Å². The number of carbonyl (C=O) groups is 1. The Balaban J connectivity index is 1.85. The second-order valence-corrected chi connectivity index (χ2v) is 5.01. The molecule has 0 radical (unpaired) electrons. The van der Waals surface area contributed by atoms with Gasteiger partial charge < -0.3 is 15.1 Å². The van der Waals surface area contributed by atoms with E-state index in [1.807, 2.05) is 0 Å². The number of nitrogens with zero attached hydrogens (tertiary/aromatic N) is 2. The molecule has 0 bridgehead atoms. The summed E-state index contributed by atoms with van der Waals surface area (Å²) < 4.78 is 0.